The fourth-order valence-corrected chi connectivity index (χ4v) is 3.68. The van der Waals surface area contributed by atoms with Crippen molar-refractivity contribution in [1.29, 1.82) is 0 Å². The topological polar surface area (TPSA) is 42.2 Å². The van der Waals surface area contributed by atoms with E-state index < -0.39 is 0 Å². The molecule has 0 fully saturated rings. The summed E-state index contributed by atoms with van der Waals surface area (Å²) in [5.74, 6) is 1.03. The lowest BCUT2D eigenvalue weighted by Gasteiger charge is -2.18. The SMILES string of the molecule is Cc1nc2c(-c3ccccc3)c(C)nn2c(NC(C)C)c1Cc1ccccc1. The van der Waals surface area contributed by atoms with Crippen molar-refractivity contribution in [1.82, 2.24) is 14.6 Å². The van der Waals surface area contributed by atoms with Crippen LogP contribution < -0.4 is 5.32 Å². The molecule has 0 spiro atoms. The highest BCUT2D eigenvalue weighted by Gasteiger charge is 2.20. The molecule has 0 radical (unpaired) electrons. The molecule has 4 heteroatoms. The van der Waals surface area contributed by atoms with E-state index in [0.717, 1.165) is 40.4 Å². The monoisotopic (exact) mass is 370 g/mol. The van der Waals surface area contributed by atoms with Gasteiger partial charge in [-0.15, -0.1) is 0 Å². The number of nitrogens with zero attached hydrogens (tertiary/aromatic N) is 3. The first-order valence-electron chi connectivity index (χ1n) is 9.79. The van der Waals surface area contributed by atoms with Crippen LogP contribution in [0.25, 0.3) is 16.8 Å². The summed E-state index contributed by atoms with van der Waals surface area (Å²) in [7, 11) is 0. The lowest BCUT2D eigenvalue weighted by molar-refractivity contribution is 0.828. The van der Waals surface area contributed by atoms with Crippen LogP contribution >= 0.6 is 0 Å². The van der Waals surface area contributed by atoms with Gasteiger partial charge in [0.25, 0.3) is 0 Å². The highest BCUT2D eigenvalue weighted by Crippen LogP contribution is 2.32. The Bertz CT molecular complexity index is 1100. The van der Waals surface area contributed by atoms with Crippen molar-refractivity contribution in [2.24, 2.45) is 0 Å². The Balaban J connectivity index is 1.95. The van der Waals surface area contributed by atoms with Gasteiger partial charge in [-0.2, -0.15) is 9.61 Å². The molecule has 2 aromatic heterocycles. The molecule has 0 saturated heterocycles. The van der Waals surface area contributed by atoms with Crippen molar-refractivity contribution in [3.63, 3.8) is 0 Å². The van der Waals surface area contributed by atoms with Gasteiger partial charge in [0.15, 0.2) is 5.65 Å². The number of rotatable bonds is 5. The van der Waals surface area contributed by atoms with Crippen LogP contribution in [0.4, 0.5) is 5.82 Å². The maximum Gasteiger partial charge on any atom is 0.165 e. The molecule has 0 aliphatic heterocycles. The second-order valence-electron chi connectivity index (χ2n) is 7.55. The molecular formula is C24H26N4. The highest BCUT2D eigenvalue weighted by molar-refractivity contribution is 5.81. The van der Waals surface area contributed by atoms with E-state index in [-0.39, 0.29) is 0 Å². The fraction of sp³-hybridized carbons (Fsp3) is 0.250. The van der Waals surface area contributed by atoms with Gasteiger partial charge >= 0.3 is 0 Å². The molecule has 4 rings (SSSR count). The van der Waals surface area contributed by atoms with Crippen LogP contribution in [0.15, 0.2) is 60.7 Å². The zero-order valence-electron chi connectivity index (χ0n) is 16.9. The molecule has 0 unspecified atom stereocenters. The Morgan fingerprint density at radius 1 is 0.893 bits per heavy atom. The van der Waals surface area contributed by atoms with Gasteiger partial charge in [-0.05, 0) is 38.8 Å². The normalized spacial score (nSPS) is 11.3. The number of aryl methyl sites for hydroxylation is 2. The van der Waals surface area contributed by atoms with Crippen molar-refractivity contribution in [3.05, 3.63) is 83.2 Å². The average Bonchev–Trinajstić information content (AvgIpc) is 3.01. The van der Waals surface area contributed by atoms with E-state index in [2.05, 4.69) is 81.5 Å². The molecule has 0 atom stereocenters. The second-order valence-corrected chi connectivity index (χ2v) is 7.55. The molecule has 4 aromatic rings. The first-order chi connectivity index (χ1) is 13.5. The molecule has 0 aliphatic rings. The van der Waals surface area contributed by atoms with E-state index in [9.17, 15) is 0 Å². The standard InChI is InChI=1S/C24H26N4/c1-16(2)25-23-21(15-19-11-7-5-8-12-19)17(3)26-24-22(18(4)27-28(23)24)20-13-9-6-10-14-20/h5-14,16,25H,15H2,1-4H3. The van der Waals surface area contributed by atoms with Crippen LogP contribution in [0.1, 0.15) is 36.4 Å². The minimum Gasteiger partial charge on any atom is -0.367 e. The van der Waals surface area contributed by atoms with Gasteiger partial charge < -0.3 is 5.32 Å². The smallest absolute Gasteiger partial charge is 0.165 e. The lowest BCUT2D eigenvalue weighted by Crippen LogP contribution is -2.17. The first kappa shape index (κ1) is 18.2. The minimum atomic E-state index is 0.296. The van der Waals surface area contributed by atoms with E-state index in [1.165, 1.54) is 11.1 Å². The van der Waals surface area contributed by atoms with Gasteiger partial charge in [0.2, 0.25) is 0 Å². The predicted octanol–water partition coefficient (Wildman–Crippen LogP) is 5.42. The number of nitrogens with one attached hydrogen (secondary N) is 1. The fourth-order valence-electron chi connectivity index (χ4n) is 3.68. The predicted molar refractivity (Wildman–Crippen MR) is 116 cm³/mol. The molecule has 0 aliphatic carbocycles. The van der Waals surface area contributed by atoms with Gasteiger partial charge in [-0.3, -0.25) is 0 Å². The number of fused-ring (bicyclic) bond motifs is 1. The summed E-state index contributed by atoms with van der Waals surface area (Å²) in [6, 6.07) is 21.2. The lowest BCUT2D eigenvalue weighted by atomic mass is 10.0. The third-order valence-corrected chi connectivity index (χ3v) is 4.96. The molecule has 142 valence electrons. The molecule has 0 amide bonds. The zero-order chi connectivity index (χ0) is 19.7. The minimum absolute atomic E-state index is 0.296. The van der Waals surface area contributed by atoms with Gasteiger partial charge in [-0.25, -0.2) is 4.98 Å². The molecule has 2 aromatic carbocycles. The van der Waals surface area contributed by atoms with Crippen molar-refractivity contribution in [3.8, 4) is 11.1 Å². The third kappa shape index (κ3) is 3.38. The third-order valence-electron chi connectivity index (χ3n) is 4.96. The van der Waals surface area contributed by atoms with Crippen LogP contribution in [0.2, 0.25) is 0 Å². The van der Waals surface area contributed by atoms with E-state index >= 15 is 0 Å². The number of anilines is 1. The van der Waals surface area contributed by atoms with Crippen molar-refractivity contribution in [2.45, 2.75) is 40.2 Å². The Kier molecular flexibility index (Phi) is 4.86. The molecular weight excluding hydrogens is 344 g/mol. The van der Waals surface area contributed by atoms with Gasteiger partial charge in [0.05, 0.1) is 5.69 Å². The van der Waals surface area contributed by atoms with Gasteiger partial charge in [0, 0.05) is 29.3 Å². The van der Waals surface area contributed by atoms with Crippen LogP contribution in [0, 0.1) is 13.8 Å². The zero-order valence-corrected chi connectivity index (χ0v) is 16.9. The number of hydrogen-bond donors (Lipinski definition) is 1. The summed E-state index contributed by atoms with van der Waals surface area (Å²) in [5.41, 5.74) is 7.63. The van der Waals surface area contributed by atoms with Crippen molar-refractivity contribution in [2.75, 3.05) is 5.32 Å². The molecule has 1 N–H and O–H groups in total. The first-order valence-corrected chi connectivity index (χ1v) is 9.79. The summed E-state index contributed by atoms with van der Waals surface area (Å²) < 4.78 is 1.99. The van der Waals surface area contributed by atoms with E-state index in [4.69, 9.17) is 10.1 Å². The van der Waals surface area contributed by atoms with E-state index in [1.807, 2.05) is 16.6 Å². The van der Waals surface area contributed by atoms with E-state index in [0.29, 0.717) is 6.04 Å². The quantitative estimate of drug-likeness (QED) is 0.510. The number of aromatic nitrogens is 3. The second kappa shape index (κ2) is 7.47. The van der Waals surface area contributed by atoms with Crippen molar-refractivity contribution < 1.29 is 0 Å². The van der Waals surface area contributed by atoms with Crippen molar-refractivity contribution >= 4 is 11.5 Å². The van der Waals surface area contributed by atoms with E-state index in [1.54, 1.807) is 0 Å². The molecule has 2 heterocycles. The average molecular weight is 371 g/mol. The molecule has 28 heavy (non-hydrogen) atoms. The van der Waals surface area contributed by atoms with Crippen LogP contribution in [-0.4, -0.2) is 20.6 Å². The molecule has 0 bridgehead atoms. The Morgan fingerprint density at radius 2 is 1.54 bits per heavy atom. The number of benzene rings is 2. The summed E-state index contributed by atoms with van der Waals surface area (Å²) in [6.07, 6.45) is 0.824. The molecule has 4 nitrogen and oxygen atoms in total. The maximum absolute atomic E-state index is 5.00. The summed E-state index contributed by atoms with van der Waals surface area (Å²) in [5, 5.41) is 8.51. The number of hydrogen-bond acceptors (Lipinski definition) is 3. The molecule has 0 saturated carbocycles. The maximum atomic E-state index is 5.00. The summed E-state index contributed by atoms with van der Waals surface area (Å²) in [4.78, 5) is 5.00. The Labute approximate surface area is 166 Å². The summed E-state index contributed by atoms with van der Waals surface area (Å²) in [6.45, 7) is 8.47. The van der Waals surface area contributed by atoms with Gasteiger partial charge in [0.1, 0.15) is 5.82 Å². The Hall–Kier alpha value is -3.14. The Morgan fingerprint density at radius 3 is 2.18 bits per heavy atom. The van der Waals surface area contributed by atoms with Crippen LogP contribution in [0.5, 0.6) is 0 Å². The largest absolute Gasteiger partial charge is 0.367 e. The summed E-state index contributed by atoms with van der Waals surface area (Å²) >= 11 is 0. The highest BCUT2D eigenvalue weighted by atomic mass is 15.3. The van der Waals surface area contributed by atoms with Gasteiger partial charge in [-0.1, -0.05) is 60.7 Å². The van der Waals surface area contributed by atoms with Crippen LogP contribution in [0.3, 0.4) is 0 Å². The van der Waals surface area contributed by atoms with Crippen LogP contribution in [-0.2, 0) is 6.42 Å².